The van der Waals surface area contributed by atoms with E-state index in [0.29, 0.717) is 23.6 Å². The Kier molecular flexibility index (Phi) is 5.98. The number of hydrogen-bond donors (Lipinski definition) is 1. The zero-order chi connectivity index (χ0) is 15.9. The molecule has 0 saturated carbocycles. The van der Waals surface area contributed by atoms with Gasteiger partial charge < -0.3 is 10.2 Å². The minimum Gasteiger partial charge on any atom is -0.336 e. The molecule has 1 N–H and O–H groups in total. The van der Waals surface area contributed by atoms with Gasteiger partial charge in [-0.05, 0) is 47.0 Å². The summed E-state index contributed by atoms with van der Waals surface area (Å²) in [4.78, 5) is 25.4. The molecule has 0 aliphatic carbocycles. The number of nitrogens with zero attached hydrogens (tertiary/aromatic N) is 1. The summed E-state index contributed by atoms with van der Waals surface area (Å²) in [5.74, 6) is -0.291. The lowest BCUT2D eigenvalue weighted by Gasteiger charge is -2.16. The topological polar surface area (TPSA) is 49.4 Å². The molecule has 1 aromatic carbocycles. The molecule has 0 atom stereocenters. The third-order valence-corrected chi connectivity index (χ3v) is 4.09. The van der Waals surface area contributed by atoms with Gasteiger partial charge in [-0.1, -0.05) is 17.7 Å². The van der Waals surface area contributed by atoms with Crippen LogP contribution in [0.2, 0.25) is 5.02 Å². The second-order valence-electron chi connectivity index (χ2n) is 4.94. The third-order valence-electron chi connectivity index (χ3n) is 3.12. The first kappa shape index (κ1) is 16.5. The van der Waals surface area contributed by atoms with Gasteiger partial charge in [0.25, 0.3) is 0 Å². The highest BCUT2D eigenvalue weighted by molar-refractivity contribution is 7.07. The Morgan fingerprint density at radius 3 is 2.82 bits per heavy atom. The van der Waals surface area contributed by atoms with E-state index in [2.05, 4.69) is 5.32 Å². The number of rotatable bonds is 6. The summed E-state index contributed by atoms with van der Waals surface area (Å²) in [6.07, 6.45) is 1.10. The average molecular weight is 337 g/mol. The summed E-state index contributed by atoms with van der Waals surface area (Å²) >= 11 is 7.47. The van der Waals surface area contributed by atoms with Crippen LogP contribution in [-0.4, -0.2) is 30.3 Å². The van der Waals surface area contributed by atoms with Gasteiger partial charge >= 0.3 is 0 Å². The van der Waals surface area contributed by atoms with Crippen molar-refractivity contribution in [2.24, 2.45) is 0 Å². The standard InChI is InChI=1S/C16H17ClN2O2S/c1-19(16(21)6-5-12-7-8-22-11-12)10-15(20)18-14-4-2-3-13(17)9-14/h2-4,7-9,11H,5-6,10H2,1H3,(H,18,20). The highest BCUT2D eigenvalue weighted by Crippen LogP contribution is 2.15. The predicted octanol–water partition coefficient (Wildman–Crippen LogP) is 3.43. The summed E-state index contributed by atoms with van der Waals surface area (Å²) in [5, 5.41) is 7.29. The molecule has 4 nitrogen and oxygen atoms in total. The van der Waals surface area contributed by atoms with E-state index in [1.807, 2.05) is 16.8 Å². The molecule has 0 radical (unpaired) electrons. The van der Waals surface area contributed by atoms with Crippen molar-refractivity contribution in [1.82, 2.24) is 4.90 Å². The maximum atomic E-state index is 12.0. The Balaban J connectivity index is 1.79. The minimum atomic E-state index is -0.242. The van der Waals surface area contributed by atoms with Gasteiger partial charge in [0.15, 0.2) is 0 Å². The Hall–Kier alpha value is -1.85. The van der Waals surface area contributed by atoms with E-state index in [1.165, 1.54) is 4.90 Å². The number of anilines is 1. The smallest absolute Gasteiger partial charge is 0.243 e. The number of aryl methyl sites for hydroxylation is 1. The first-order chi connectivity index (χ1) is 10.5. The van der Waals surface area contributed by atoms with Gasteiger partial charge in [0, 0.05) is 24.2 Å². The number of amides is 2. The van der Waals surface area contributed by atoms with Gasteiger partial charge in [-0.15, -0.1) is 0 Å². The lowest BCUT2D eigenvalue weighted by atomic mass is 10.2. The number of hydrogen-bond acceptors (Lipinski definition) is 3. The molecule has 116 valence electrons. The summed E-state index contributed by atoms with van der Waals surface area (Å²) < 4.78 is 0. The second-order valence-corrected chi connectivity index (χ2v) is 6.16. The van der Waals surface area contributed by atoms with Gasteiger partial charge in [-0.2, -0.15) is 11.3 Å². The number of benzene rings is 1. The molecule has 0 saturated heterocycles. The molecule has 22 heavy (non-hydrogen) atoms. The number of halogens is 1. The number of carbonyl (C=O) groups is 2. The fourth-order valence-electron chi connectivity index (χ4n) is 1.95. The molecule has 0 unspecified atom stereocenters. The molecule has 2 amide bonds. The van der Waals surface area contributed by atoms with Crippen molar-refractivity contribution >= 4 is 40.4 Å². The summed E-state index contributed by atoms with van der Waals surface area (Å²) in [7, 11) is 1.63. The van der Waals surface area contributed by atoms with E-state index in [4.69, 9.17) is 11.6 Å². The number of nitrogens with one attached hydrogen (secondary N) is 1. The first-order valence-corrected chi connectivity index (χ1v) is 8.17. The van der Waals surface area contributed by atoms with Crippen molar-refractivity contribution in [3.8, 4) is 0 Å². The van der Waals surface area contributed by atoms with Crippen molar-refractivity contribution in [2.75, 3.05) is 18.9 Å². The highest BCUT2D eigenvalue weighted by atomic mass is 35.5. The molecule has 1 aromatic heterocycles. The van der Waals surface area contributed by atoms with Crippen LogP contribution in [0.1, 0.15) is 12.0 Å². The molecule has 0 spiro atoms. The molecule has 0 aliphatic rings. The average Bonchev–Trinajstić information content (AvgIpc) is 2.97. The number of thiophene rings is 1. The minimum absolute atomic E-state index is 0.0228. The normalized spacial score (nSPS) is 10.3. The SMILES string of the molecule is CN(CC(=O)Nc1cccc(Cl)c1)C(=O)CCc1ccsc1. The fourth-order valence-corrected chi connectivity index (χ4v) is 2.84. The third kappa shape index (κ3) is 5.16. The lowest BCUT2D eigenvalue weighted by molar-refractivity contribution is -0.133. The van der Waals surface area contributed by atoms with E-state index in [9.17, 15) is 9.59 Å². The van der Waals surface area contributed by atoms with Gasteiger partial charge in [-0.25, -0.2) is 0 Å². The molecule has 2 rings (SSSR count). The van der Waals surface area contributed by atoms with Crippen molar-refractivity contribution in [2.45, 2.75) is 12.8 Å². The highest BCUT2D eigenvalue weighted by Gasteiger charge is 2.13. The van der Waals surface area contributed by atoms with Gasteiger partial charge in [-0.3, -0.25) is 9.59 Å². The monoisotopic (exact) mass is 336 g/mol. The van der Waals surface area contributed by atoms with Crippen LogP contribution in [0, 0.1) is 0 Å². The van der Waals surface area contributed by atoms with Crippen LogP contribution >= 0.6 is 22.9 Å². The lowest BCUT2D eigenvalue weighted by Crippen LogP contribution is -2.35. The number of carbonyl (C=O) groups excluding carboxylic acids is 2. The van der Waals surface area contributed by atoms with E-state index >= 15 is 0 Å². The van der Waals surface area contributed by atoms with E-state index in [-0.39, 0.29) is 18.4 Å². The maximum absolute atomic E-state index is 12.0. The fraction of sp³-hybridized carbons (Fsp3) is 0.250. The van der Waals surface area contributed by atoms with Crippen LogP contribution in [-0.2, 0) is 16.0 Å². The Bertz CT molecular complexity index is 643. The molecule has 1 heterocycles. The van der Waals surface area contributed by atoms with Crippen molar-refractivity contribution in [3.63, 3.8) is 0 Å². The van der Waals surface area contributed by atoms with Crippen LogP contribution in [0.3, 0.4) is 0 Å². The van der Waals surface area contributed by atoms with E-state index in [1.54, 1.807) is 42.6 Å². The molecule has 2 aromatic rings. The molecule has 6 heteroatoms. The predicted molar refractivity (Wildman–Crippen MR) is 90.4 cm³/mol. The van der Waals surface area contributed by atoms with Crippen LogP contribution in [0.4, 0.5) is 5.69 Å². The van der Waals surface area contributed by atoms with E-state index < -0.39 is 0 Å². The second kappa shape index (κ2) is 7.96. The largest absolute Gasteiger partial charge is 0.336 e. The maximum Gasteiger partial charge on any atom is 0.243 e. The molecular weight excluding hydrogens is 320 g/mol. The Morgan fingerprint density at radius 1 is 1.32 bits per heavy atom. The Morgan fingerprint density at radius 2 is 2.14 bits per heavy atom. The van der Waals surface area contributed by atoms with Crippen LogP contribution in [0.25, 0.3) is 0 Å². The first-order valence-electron chi connectivity index (χ1n) is 6.85. The summed E-state index contributed by atoms with van der Waals surface area (Å²) in [6, 6.07) is 8.91. The zero-order valence-corrected chi connectivity index (χ0v) is 13.8. The summed E-state index contributed by atoms with van der Waals surface area (Å²) in [5.41, 5.74) is 1.77. The quantitative estimate of drug-likeness (QED) is 0.878. The van der Waals surface area contributed by atoms with Crippen LogP contribution in [0.15, 0.2) is 41.1 Å². The molecule has 0 fully saturated rings. The van der Waals surface area contributed by atoms with E-state index in [0.717, 1.165) is 5.56 Å². The van der Waals surface area contributed by atoms with Gasteiger partial charge in [0.2, 0.25) is 11.8 Å². The van der Waals surface area contributed by atoms with Crippen molar-refractivity contribution in [3.05, 3.63) is 51.7 Å². The Labute approximate surface area is 138 Å². The molecule has 0 bridgehead atoms. The van der Waals surface area contributed by atoms with Crippen LogP contribution in [0.5, 0.6) is 0 Å². The number of likely N-dealkylation sites (N-methyl/N-ethyl adjacent to an activating group) is 1. The zero-order valence-electron chi connectivity index (χ0n) is 12.2. The van der Waals surface area contributed by atoms with Crippen molar-refractivity contribution in [1.29, 1.82) is 0 Å². The van der Waals surface area contributed by atoms with Gasteiger partial charge in [0.05, 0.1) is 6.54 Å². The summed E-state index contributed by atoms with van der Waals surface area (Å²) in [6.45, 7) is 0.0228. The van der Waals surface area contributed by atoms with Gasteiger partial charge in [0.1, 0.15) is 0 Å². The van der Waals surface area contributed by atoms with Crippen molar-refractivity contribution < 1.29 is 9.59 Å². The van der Waals surface area contributed by atoms with Crippen LogP contribution < -0.4 is 5.32 Å². The molecular formula is C16H17ClN2O2S. The molecule has 0 aliphatic heterocycles.